The molecule has 106 valence electrons. The predicted molar refractivity (Wildman–Crippen MR) is 78.8 cm³/mol. The summed E-state index contributed by atoms with van der Waals surface area (Å²) in [6.07, 6.45) is 9.93. The molecule has 0 spiro atoms. The van der Waals surface area contributed by atoms with Crippen molar-refractivity contribution >= 4 is 0 Å². The van der Waals surface area contributed by atoms with Gasteiger partial charge in [0.15, 0.2) is 0 Å². The van der Waals surface area contributed by atoms with Crippen molar-refractivity contribution in [2.24, 2.45) is 5.84 Å². The summed E-state index contributed by atoms with van der Waals surface area (Å²) in [6.45, 7) is 6.17. The summed E-state index contributed by atoms with van der Waals surface area (Å²) in [7, 11) is 0. The van der Waals surface area contributed by atoms with Crippen molar-refractivity contribution in [3.05, 3.63) is 34.3 Å². The Morgan fingerprint density at radius 3 is 2.47 bits per heavy atom. The molecule has 0 amide bonds. The van der Waals surface area contributed by atoms with E-state index in [-0.39, 0.29) is 6.04 Å². The lowest BCUT2D eigenvalue weighted by Crippen LogP contribution is -2.30. The van der Waals surface area contributed by atoms with Crippen LogP contribution >= 0.6 is 0 Å². The van der Waals surface area contributed by atoms with E-state index in [4.69, 9.17) is 10.3 Å². The molecule has 0 radical (unpaired) electrons. The van der Waals surface area contributed by atoms with E-state index in [1.807, 2.05) is 13.8 Å². The summed E-state index contributed by atoms with van der Waals surface area (Å²) in [4.78, 5) is 0. The maximum absolute atomic E-state index is 5.84. The maximum Gasteiger partial charge on any atom is 0.106 e. The Balaban J connectivity index is 2.32. The molecule has 0 saturated heterocycles. The molecule has 1 aromatic rings. The number of rotatable bonds is 3. The van der Waals surface area contributed by atoms with Crippen LogP contribution < -0.4 is 11.3 Å². The Kier molecular flexibility index (Phi) is 4.83. The Bertz CT molecular complexity index is 460. The summed E-state index contributed by atoms with van der Waals surface area (Å²) >= 11 is 0. The summed E-state index contributed by atoms with van der Waals surface area (Å²) < 4.78 is 5.75. The maximum atomic E-state index is 5.84. The molecule has 1 atom stereocenters. The number of nitrogens with one attached hydrogen (secondary N) is 1. The molecule has 3 heteroatoms. The zero-order chi connectivity index (χ0) is 13.8. The number of hydrogen-bond acceptors (Lipinski definition) is 3. The van der Waals surface area contributed by atoms with E-state index in [0.717, 1.165) is 17.9 Å². The van der Waals surface area contributed by atoms with E-state index in [2.05, 4.69) is 18.4 Å². The van der Waals surface area contributed by atoms with Crippen molar-refractivity contribution in [3.63, 3.8) is 0 Å². The third-order valence-electron chi connectivity index (χ3n) is 4.27. The topological polar surface area (TPSA) is 51.2 Å². The molecule has 3 nitrogen and oxygen atoms in total. The van der Waals surface area contributed by atoms with E-state index >= 15 is 0 Å². The van der Waals surface area contributed by atoms with Gasteiger partial charge in [-0.2, -0.15) is 0 Å². The quantitative estimate of drug-likeness (QED) is 0.492. The lowest BCUT2D eigenvalue weighted by Gasteiger charge is -2.22. The molecule has 0 fully saturated rings. The number of allylic oxidation sites excluding steroid dienone is 1. The highest BCUT2D eigenvalue weighted by molar-refractivity contribution is 5.39. The van der Waals surface area contributed by atoms with Gasteiger partial charge in [0.2, 0.25) is 0 Å². The number of nitrogens with two attached hydrogens (primary N) is 1. The molecule has 0 aromatic carbocycles. The minimum absolute atomic E-state index is 0.107. The van der Waals surface area contributed by atoms with Crippen molar-refractivity contribution in [2.75, 3.05) is 0 Å². The first kappa shape index (κ1) is 14.4. The highest BCUT2D eigenvalue weighted by Crippen LogP contribution is 2.34. The van der Waals surface area contributed by atoms with E-state index in [9.17, 15) is 0 Å². The zero-order valence-corrected chi connectivity index (χ0v) is 12.4. The van der Waals surface area contributed by atoms with E-state index in [1.165, 1.54) is 48.8 Å². The third kappa shape index (κ3) is 3.10. The lowest BCUT2D eigenvalue weighted by atomic mass is 9.89. The van der Waals surface area contributed by atoms with Gasteiger partial charge in [-0.3, -0.25) is 5.84 Å². The fraction of sp³-hybridized carbons (Fsp3) is 0.625. The fourth-order valence-electron chi connectivity index (χ4n) is 3.09. The van der Waals surface area contributed by atoms with Crippen LogP contribution in [0.3, 0.4) is 0 Å². The molecule has 2 rings (SSSR count). The van der Waals surface area contributed by atoms with Crippen molar-refractivity contribution in [1.29, 1.82) is 0 Å². The molecule has 1 unspecified atom stereocenters. The second-order valence-corrected chi connectivity index (χ2v) is 5.58. The van der Waals surface area contributed by atoms with Crippen molar-refractivity contribution in [1.82, 2.24) is 5.43 Å². The van der Waals surface area contributed by atoms with Crippen LogP contribution in [-0.2, 0) is 0 Å². The molecular formula is C16H26N2O. The highest BCUT2D eigenvalue weighted by atomic mass is 16.3. The average molecular weight is 262 g/mol. The van der Waals surface area contributed by atoms with Crippen LogP contribution in [-0.4, -0.2) is 0 Å². The van der Waals surface area contributed by atoms with Gasteiger partial charge in [0, 0.05) is 5.56 Å². The number of hydrogen-bond donors (Lipinski definition) is 2. The summed E-state index contributed by atoms with van der Waals surface area (Å²) in [5.74, 6) is 7.83. The minimum Gasteiger partial charge on any atom is -0.466 e. The average Bonchev–Trinajstić information content (AvgIpc) is 2.58. The Labute approximate surface area is 116 Å². The molecule has 19 heavy (non-hydrogen) atoms. The van der Waals surface area contributed by atoms with E-state index < -0.39 is 0 Å². The van der Waals surface area contributed by atoms with Gasteiger partial charge in [0.25, 0.3) is 0 Å². The fourth-order valence-corrected chi connectivity index (χ4v) is 3.09. The van der Waals surface area contributed by atoms with Gasteiger partial charge in [0.1, 0.15) is 11.5 Å². The first-order valence-electron chi connectivity index (χ1n) is 7.36. The molecule has 3 N–H and O–H groups in total. The first-order valence-corrected chi connectivity index (χ1v) is 7.36. The second kappa shape index (κ2) is 6.40. The largest absolute Gasteiger partial charge is 0.466 e. The lowest BCUT2D eigenvalue weighted by molar-refractivity contribution is 0.490. The van der Waals surface area contributed by atoms with Crippen molar-refractivity contribution in [2.45, 2.75) is 65.3 Å². The summed E-state index contributed by atoms with van der Waals surface area (Å²) in [5.41, 5.74) is 6.88. The van der Waals surface area contributed by atoms with E-state index in [1.54, 1.807) is 0 Å². The van der Waals surface area contributed by atoms with E-state index in [0.29, 0.717) is 0 Å². The van der Waals surface area contributed by atoms with Crippen LogP contribution in [0.4, 0.5) is 0 Å². The van der Waals surface area contributed by atoms with Gasteiger partial charge in [-0.15, -0.1) is 0 Å². The smallest absolute Gasteiger partial charge is 0.106 e. The molecule has 1 aromatic heterocycles. The Hall–Kier alpha value is -1.06. The first-order chi connectivity index (χ1) is 9.15. The summed E-state index contributed by atoms with van der Waals surface area (Å²) in [6, 6.07) is 0.107. The van der Waals surface area contributed by atoms with Gasteiger partial charge in [-0.1, -0.05) is 24.5 Å². The van der Waals surface area contributed by atoms with Crippen LogP contribution in [0.1, 0.15) is 67.2 Å². The molecular weight excluding hydrogens is 236 g/mol. The standard InChI is InChI=1S/C16H26N2O/c1-11-12(2)19-13(3)15(11)16(18-17)14-9-7-5-4-6-8-10-14/h9,16,18H,4-8,10,17H2,1-3H3. The van der Waals surface area contributed by atoms with Crippen molar-refractivity contribution in [3.8, 4) is 0 Å². The van der Waals surface area contributed by atoms with Crippen LogP contribution in [0, 0.1) is 20.8 Å². The van der Waals surface area contributed by atoms with Crippen LogP contribution in [0.15, 0.2) is 16.1 Å². The second-order valence-electron chi connectivity index (χ2n) is 5.58. The Morgan fingerprint density at radius 1 is 1.11 bits per heavy atom. The van der Waals surface area contributed by atoms with Crippen LogP contribution in [0.25, 0.3) is 0 Å². The third-order valence-corrected chi connectivity index (χ3v) is 4.27. The number of furan rings is 1. The summed E-state index contributed by atoms with van der Waals surface area (Å²) in [5, 5.41) is 0. The molecule has 0 saturated carbocycles. The minimum atomic E-state index is 0.107. The van der Waals surface area contributed by atoms with Gasteiger partial charge < -0.3 is 4.42 Å². The molecule has 0 aliphatic heterocycles. The highest BCUT2D eigenvalue weighted by Gasteiger charge is 2.23. The molecule has 1 heterocycles. The predicted octanol–water partition coefficient (Wildman–Crippen LogP) is 3.99. The zero-order valence-electron chi connectivity index (χ0n) is 12.4. The van der Waals surface area contributed by atoms with Crippen molar-refractivity contribution < 1.29 is 4.42 Å². The van der Waals surface area contributed by atoms with Crippen LogP contribution in [0.2, 0.25) is 0 Å². The monoisotopic (exact) mass is 262 g/mol. The van der Waals surface area contributed by atoms with Gasteiger partial charge in [0.05, 0.1) is 6.04 Å². The SMILES string of the molecule is Cc1oc(C)c(C(NN)C2=CCCCCCC2)c1C. The number of aryl methyl sites for hydroxylation is 2. The molecule has 0 bridgehead atoms. The van der Waals surface area contributed by atoms with Crippen LogP contribution in [0.5, 0.6) is 0 Å². The molecule has 1 aliphatic carbocycles. The normalized spacial score (nSPS) is 18.6. The van der Waals surface area contributed by atoms with Gasteiger partial charge in [-0.05, 0) is 52.0 Å². The Morgan fingerprint density at radius 2 is 1.84 bits per heavy atom. The molecule has 1 aliphatic rings. The number of hydrazine groups is 1. The van der Waals surface area contributed by atoms with Gasteiger partial charge in [-0.25, -0.2) is 5.43 Å². The van der Waals surface area contributed by atoms with Gasteiger partial charge >= 0.3 is 0 Å².